The highest BCUT2D eigenvalue weighted by Gasteiger charge is 2.29. The van der Waals surface area contributed by atoms with Crippen LogP contribution in [0.15, 0.2) is 96.3 Å². The summed E-state index contributed by atoms with van der Waals surface area (Å²) in [5, 5.41) is 7.49. The Bertz CT molecular complexity index is 1950. The summed E-state index contributed by atoms with van der Waals surface area (Å²) in [6, 6.07) is 19.3. The topological polar surface area (TPSA) is 128 Å². The van der Waals surface area contributed by atoms with Gasteiger partial charge in [0, 0.05) is 18.2 Å². The van der Waals surface area contributed by atoms with Crippen LogP contribution in [0.4, 0.5) is 15.9 Å². The van der Waals surface area contributed by atoms with E-state index in [-0.39, 0.29) is 34.9 Å². The number of halogens is 1. The van der Waals surface area contributed by atoms with Crippen molar-refractivity contribution in [1.29, 1.82) is 0 Å². The first kappa shape index (κ1) is 30.8. The Balaban J connectivity index is 0.00000128. The van der Waals surface area contributed by atoms with Crippen LogP contribution in [-0.4, -0.2) is 46.2 Å². The molecule has 3 aromatic carbocycles. The Morgan fingerprint density at radius 1 is 1.16 bits per heavy atom. The Morgan fingerprint density at radius 2 is 1.84 bits per heavy atom. The number of likely N-dealkylation sites (N-methyl/N-ethyl adjacent to an activating group) is 1. The lowest BCUT2D eigenvalue weighted by Crippen LogP contribution is -2.18. The minimum Gasteiger partial charge on any atom is -0.473 e. The summed E-state index contributed by atoms with van der Waals surface area (Å²) < 4.78 is 28.2. The molecule has 0 saturated heterocycles. The van der Waals surface area contributed by atoms with Crippen LogP contribution in [0.2, 0.25) is 0 Å². The van der Waals surface area contributed by atoms with Crippen molar-refractivity contribution in [2.24, 2.45) is 0 Å². The second-order valence-corrected chi connectivity index (χ2v) is 10.4. The van der Waals surface area contributed by atoms with Gasteiger partial charge in [-0.3, -0.25) is 14.6 Å². The second-order valence-electron chi connectivity index (χ2n) is 10.4. The molecule has 0 spiro atoms. The summed E-state index contributed by atoms with van der Waals surface area (Å²) in [5.74, 6) is 0.535. The fourth-order valence-corrected chi connectivity index (χ4v) is 4.82. The van der Waals surface area contributed by atoms with Crippen LogP contribution >= 0.6 is 0 Å². The monoisotopic (exact) mass is 608 g/mol. The highest BCUT2D eigenvalue weighted by molar-refractivity contribution is 6.04. The first-order valence-corrected chi connectivity index (χ1v) is 14.1. The smallest absolute Gasteiger partial charge is 0.264 e. The molecule has 1 aliphatic rings. The lowest BCUT2D eigenvalue weighted by Gasteiger charge is -2.23. The largest absolute Gasteiger partial charge is 0.473 e. The third kappa shape index (κ3) is 6.48. The van der Waals surface area contributed by atoms with Gasteiger partial charge in [-0.25, -0.2) is 9.07 Å². The van der Waals surface area contributed by atoms with Gasteiger partial charge in [0.05, 0.1) is 16.9 Å². The number of carbonyl (C=O) groups excluding carboxylic acids is 1. The maximum atomic E-state index is 15.0. The molecule has 0 aliphatic carbocycles. The number of nitrogens with one attached hydrogen (secondary N) is 2. The molecule has 0 saturated carbocycles. The summed E-state index contributed by atoms with van der Waals surface area (Å²) >= 11 is 0. The highest BCUT2D eigenvalue weighted by atomic mass is 19.1. The predicted octanol–water partition coefficient (Wildman–Crippen LogP) is 6.04. The first-order chi connectivity index (χ1) is 21.7. The maximum Gasteiger partial charge on any atom is 0.264 e. The molecule has 6 rings (SSSR count). The molecule has 1 aliphatic heterocycles. The Morgan fingerprint density at radius 3 is 2.53 bits per heavy atom. The number of nitrogen functional groups attached to an aromatic ring is 1. The zero-order valence-corrected chi connectivity index (χ0v) is 25.1. The van der Waals surface area contributed by atoms with Gasteiger partial charge in [-0.15, -0.1) is 6.58 Å². The molecule has 45 heavy (non-hydrogen) atoms. The molecule has 5 aromatic rings. The van der Waals surface area contributed by atoms with E-state index in [4.69, 9.17) is 20.3 Å². The first-order valence-electron chi connectivity index (χ1n) is 14.1. The number of nitrogens with two attached hydrogens (primary N) is 1. The number of fused-ring (bicyclic) bond motifs is 5. The zero-order valence-electron chi connectivity index (χ0n) is 25.1. The molecule has 0 bridgehead atoms. The van der Waals surface area contributed by atoms with Crippen molar-refractivity contribution in [3.8, 4) is 34.2 Å². The van der Waals surface area contributed by atoms with Crippen LogP contribution in [0.25, 0.3) is 27.7 Å². The SMILES string of the molecule is C=CC.CN(C)C/C=C/C(=O)Nc1c(F)ccc2c1COc1[nH]c(=O)c3c(N)n(-c4ccc(Oc5ccccc5)cc4)nc3c1-2. The van der Waals surface area contributed by atoms with Crippen LogP contribution < -0.4 is 26.1 Å². The number of carbonyl (C=O) groups is 1. The predicted molar refractivity (Wildman–Crippen MR) is 175 cm³/mol. The van der Waals surface area contributed by atoms with Crippen molar-refractivity contribution in [1.82, 2.24) is 19.7 Å². The number of rotatable bonds is 7. The van der Waals surface area contributed by atoms with E-state index in [0.29, 0.717) is 40.4 Å². The summed E-state index contributed by atoms with van der Waals surface area (Å²) in [5.41, 5.74) is 8.29. The Kier molecular flexibility index (Phi) is 9.10. The average molecular weight is 609 g/mol. The van der Waals surface area contributed by atoms with E-state index in [0.717, 1.165) is 0 Å². The molecule has 0 fully saturated rings. The van der Waals surface area contributed by atoms with E-state index in [2.05, 4.69) is 16.9 Å². The van der Waals surface area contributed by atoms with Crippen molar-refractivity contribution < 1.29 is 18.7 Å². The van der Waals surface area contributed by atoms with Crippen LogP contribution in [-0.2, 0) is 11.4 Å². The fraction of sp³-hybridized carbons (Fsp3) is 0.147. The number of H-pyrrole nitrogens is 1. The average Bonchev–Trinajstić information content (AvgIpc) is 3.37. The summed E-state index contributed by atoms with van der Waals surface area (Å²) in [7, 11) is 3.75. The van der Waals surface area contributed by atoms with Gasteiger partial charge >= 0.3 is 0 Å². The third-order valence-corrected chi connectivity index (χ3v) is 6.78. The minimum absolute atomic E-state index is 0.00147. The van der Waals surface area contributed by atoms with Crippen molar-refractivity contribution in [3.05, 3.63) is 113 Å². The van der Waals surface area contributed by atoms with E-state index in [1.807, 2.05) is 56.3 Å². The van der Waals surface area contributed by atoms with Gasteiger partial charge in [0.2, 0.25) is 11.8 Å². The zero-order chi connectivity index (χ0) is 32.1. The van der Waals surface area contributed by atoms with Crippen molar-refractivity contribution in [3.63, 3.8) is 0 Å². The van der Waals surface area contributed by atoms with Crippen molar-refractivity contribution >= 4 is 28.3 Å². The van der Waals surface area contributed by atoms with E-state index < -0.39 is 17.3 Å². The minimum atomic E-state index is -0.612. The van der Waals surface area contributed by atoms with Gasteiger partial charge in [-0.05, 0) is 69.0 Å². The molecular weight excluding hydrogens is 575 g/mol. The van der Waals surface area contributed by atoms with Gasteiger partial charge in [0.1, 0.15) is 40.6 Å². The Labute approximate surface area is 259 Å². The molecule has 11 heteroatoms. The molecule has 3 heterocycles. The van der Waals surface area contributed by atoms with Crippen LogP contribution in [0.5, 0.6) is 17.4 Å². The Hall–Kier alpha value is -5.68. The summed E-state index contributed by atoms with van der Waals surface area (Å²) in [6.07, 6.45) is 4.78. The number of aromatic nitrogens is 3. The standard InChI is InChI=1S/C31H27FN6O4.C3H6/c1-37(2)16-6-9-24(39)34-27-22-17-41-31-25(21(22)14-15-23(27)32)28-26(30(40)35-31)29(33)38(36-28)18-10-12-20(13-11-18)42-19-7-4-3-5-8-19;1-3-2/h3-15H,16-17,33H2,1-2H3,(H,34,39)(H,35,40);3H,1H2,2H3/b9-6+;. The van der Waals surface area contributed by atoms with E-state index in [1.165, 1.54) is 16.8 Å². The lowest BCUT2D eigenvalue weighted by atomic mass is 9.95. The van der Waals surface area contributed by atoms with Crippen molar-refractivity contribution in [2.45, 2.75) is 13.5 Å². The molecule has 0 atom stereocenters. The molecule has 0 radical (unpaired) electrons. The van der Waals surface area contributed by atoms with Crippen LogP contribution in [0, 0.1) is 5.82 Å². The van der Waals surface area contributed by atoms with Gasteiger partial charge in [-0.2, -0.15) is 5.10 Å². The summed E-state index contributed by atoms with van der Waals surface area (Å²) in [6.45, 7) is 5.73. The number of benzene rings is 3. The fourth-order valence-electron chi connectivity index (χ4n) is 4.82. The number of ether oxygens (including phenoxy) is 2. The van der Waals surface area contributed by atoms with E-state index >= 15 is 0 Å². The number of anilines is 2. The molecule has 1 amide bonds. The van der Waals surface area contributed by atoms with Crippen LogP contribution in [0.1, 0.15) is 12.5 Å². The van der Waals surface area contributed by atoms with E-state index in [9.17, 15) is 14.0 Å². The number of aromatic amines is 1. The number of nitrogens with zero attached hydrogens (tertiary/aromatic N) is 3. The molecule has 0 unspecified atom stereocenters. The highest BCUT2D eigenvalue weighted by Crippen LogP contribution is 2.43. The quantitative estimate of drug-likeness (QED) is 0.152. The number of pyridine rings is 1. The van der Waals surface area contributed by atoms with E-state index in [1.54, 1.807) is 42.5 Å². The van der Waals surface area contributed by atoms with Gasteiger partial charge in [0.25, 0.3) is 5.56 Å². The maximum absolute atomic E-state index is 15.0. The summed E-state index contributed by atoms with van der Waals surface area (Å²) in [4.78, 5) is 30.3. The number of amides is 1. The number of para-hydroxylation sites is 1. The number of hydrogen-bond donors (Lipinski definition) is 3. The second kappa shape index (κ2) is 13.3. The molecule has 2 aromatic heterocycles. The number of allylic oxidation sites excluding steroid dienone is 1. The lowest BCUT2D eigenvalue weighted by molar-refractivity contribution is -0.112. The van der Waals surface area contributed by atoms with Gasteiger partial charge < -0.3 is 25.4 Å². The molecular formula is C34H33FN6O4. The third-order valence-electron chi connectivity index (χ3n) is 6.78. The van der Waals surface area contributed by atoms with Gasteiger partial charge in [-0.1, -0.05) is 36.4 Å². The normalized spacial score (nSPS) is 11.8. The van der Waals surface area contributed by atoms with Crippen molar-refractivity contribution in [2.75, 3.05) is 31.7 Å². The molecule has 230 valence electrons. The van der Waals surface area contributed by atoms with Crippen LogP contribution in [0.3, 0.4) is 0 Å². The molecule has 4 N–H and O–H groups in total. The molecule has 10 nitrogen and oxygen atoms in total. The number of hydrogen-bond acceptors (Lipinski definition) is 7. The van der Waals surface area contributed by atoms with Gasteiger partial charge in [0.15, 0.2) is 0 Å².